The second-order valence-electron chi connectivity index (χ2n) is 5.12. The van der Waals surface area contributed by atoms with Crippen LogP contribution in [-0.2, 0) is 11.2 Å². The van der Waals surface area contributed by atoms with Gasteiger partial charge in [0.15, 0.2) is 0 Å². The molecule has 2 rings (SSSR count). The summed E-state index contributed by atoms with van der Waals surface area (Å²) in [5.74, 6) is 0.911. The van der Waals surface area contributed by atoms with Crippen molar-refractivity contribution in [1.82, 2.24) is 10.2 Å². The van der Waals surface area contributed by atoms with Crippen LogP contribution in [0.2, 0.25) is 0 Å². The summed E-state index contributed by atoms with van der Waals surface area (Å²) in [6.45, 7) is 1.98. The Morgan fingerprint density at radius 2 is 2.10 bits per heavy atom. The first-order valence-corrected chi connectivity index (χ1v) is 7.70. The average Bonchev–Trinajstić information content (AvgIpc) is 2.47. The van der Waals surface area contributed by atoms with Crippen molar-refractivity contribution >= 4 is 34.2 Å². The number of methoxy groups -OCH3 is 1. The van der Waals surface area contributed by atoms with Crippen LogP contribution >= 0.6 is 28.3 Å². The Balaban J connectivity index is 0.00000220. The van der Waals surface area contributed by atoms with Gasteiger partial charge in [-0.3, -0.25) is 4.79 Å². The van der Waals surface area contributed by atoms with Crippen molar-refractivity contribution < 1.29 is 9.53 Å². The zero-order chi connectivity index (χ0) is 14.5. The van der Waals surface area contributed by atoms with Crippen LogP contribution in [0.15, 0.2) is 22.7 Å². The lowest BCUT2D eigenvalue weighted by molar-refractivity contribution is -0.131. The van der Waals surface area contributed by atoms with Crippen LogP contribution < -0.4 is 10.1 Å². The van der Waals surface area contributed by atoms with Crippen LogP contribution in [0.25, 0.3) is 0 Å². The van der Waals surface area contributed by atoms with Crippen LogP contribution in [0.1, 0.15) is 18.4 Å². The fourth-order valence-corrected chi connectivity index (χ4v) is 2.98. The number of benzene rings is 1. The molecule has 0 aliphatic carbocycles. The Morgan fingerprint density at radius 1 is 1.43 bits per heavy atom. The number of carbonyl (C=O) groups is 1. The number of halogens is 2. The summed E-state index contributed by atoms with van der Waals surface area (Å²) in [6, 6.07) is 6.11. The van der Waals surface area contributed by atoms with Gasteiger partial charge >= 0.3 is 0 Å². The Kier molecular flexibility index (Phi) is 7.49. The van der Waals surface area contributed by atoms with Crippen molar-refractivity contribution in [2.45, 2.75) is 25.3 Å². The molecule has 118 valence electrons. The van der Waals surface area contributed by atoms with E-state index in [4.69, 9.17) is 4.74 Å². The zero-order valence-electron chi connectivity index (χ0n) is 12.4. The Labute approximate surface area is 140 Å². The molecule has 1 saturated heterocycles. The number of piperidine rings is 1. The Hall–Kier alpha value is -0.780. The molecular formula is C15H22BrClN2O2. The van der Waals surface area contributed by atoms with E-state index in [1.54, 1.807) is 7.11 Å². The van der Waals surface area contributed by atoms with Gasteiger partial charge in [0.1, 0.15) is 5.75 Å². The van der Waals surface area contributed by atoms with Crippen LogP contribution in [-0.4, -0.2) is 44.1 Å². The third kappa shape index (κ3) is 4.87. The maximum Gasteiger partial charge on any atom is 0.227 e. The number of ether oxygens (including phenoxy) is 1. The van der Waals surface area contributed by atoms with Crippen molar-refractivity contribution in [2.24, 2.45) is 0 Å². The van der Waals surface area contributed by atoms with Gasteiger partial charge in [-0.05, 0) is 44.1 Å². The van der Waals surface area contributed by atoms with Crippen molar-refractivity contribution in [3.63, 3.8) is 0 Å². The van der Waals surface area contributed by atoms with E-state index in [0.29, 0.717) is 12.5 Å². The minimum atomic E-state index is 0. The van der Waals surface area contributed by atoms with E-state index in [0.717, 1.165) is 41.7 Å². The molecule has 1 fully saturated rings. The monoisotopic (exact) mass is 376 g/mol. The number of carbonyl (C=O) groups excluding carboxylic acids is 1. The minimum Gasteiger partial charge on any atom is -0.496 e. The molecule has 0 spiro atoms. The second-order valence-corrected chi connectivity index (χ2v) is 6.03. The van der Waals surface area contributed by atoms with E-state index in [2.05, 4.69) is 21.2 Å². The maximum absolute atomic E-state index is 12.4. The molecule has 0 radical (unpaired) electrons. The topological polar surface area (TPSA) is 41.6 Å². The number of amides is 1. The van der Waals surface area contributed by atoms with E-state index in [1.165, 1.54) is 0 Å². The summed E-state index contributed by atoms with van der Waals surface area (Å²) in [6.07, 6.45) is 2.43. The summed E-state index contributed by atoms with van der Waals surface area (Å²) >= 11 is 3.44. The lowest BCUT2D eigenvalue weighted by atomic mass is 10.0. The first-order chi connectivity index (χ1) is 9.61. The molecule has 1 aromatic rings. The Bertz CT molecular complexity index is 479. The van der Waals surface area contributed by atoms with Crippen molar-refractivity contribution in [2.75, 3.05) is 27.2 Å². The van der Waals surface area contributed by atoms with Gasteiger partial charge in [0.2, 0.25) is 5.91 Å². The molecule has 0 bridgehead atoms. The highest BCUT2D eigenvalue weighted by atomic mass is 79.9. The van der Waals surface area contributed by atoms with E-state index < -0.39 is 0 Å². The lowest BCUT2D eigenvalue weighted by Gasteiger charge is -2.31. The predicted molar refractivity (Wildman–Crippen MR) is 90.3 cm³/mol. The molecule has 1 N–H and O–H groups in total. The fourth-order valence-electron chi connectivity index (χ4n) is 2.57. The maximum atomic E-state index is 12.4. The molecule has 0 saturated carbocycles. The van der Waals surface area contributed by atoms with E-state index in [9.17, 15) is 4.79 Å². The highest BCUT2D eigenvalue weighted by molar-refractivity contribution is 9.10. The van der Waals surface area contributed by atoms with Gasteiger partial charge in [-0.1, -0.05) is 15.9 Å². The molecule has 1 aliphatic heterocycles. The van der Waals surface area contributed by atoms with Gasteiger partial charge in [-0.15, -0.1) is 12.4 Å². The highest BCUT2D eigenvalue weighted by Crippen LogP contribution is 2.24. The van der Waals surface area contributed by atoms with Gasteiger partial charge in [0.25, 0.3) is 0 Å². The molecule has 1 amide bonds. The summed E-state index contributed by atoms with van der Waals surface area (Å²) in [5.41, 5.74) is 0.924. The predicted octanol–water partition coefficient (Wildman–Crippen LogP) is 2.63. The highest BCUT2D eigenvalue weighted by Gasteiger charge is 2.22. The molecule has 21 heavy (non-hydrogen) atoms. The summed E-state index contributed by atoms with van der Waals surface area (Å²) in [4.78, 5) is 14.3. The third-order valence-electron chi connectivity index (χ3n) is 3.83. The quantitative estimate of drug-likeness (QED) is 0.877. The van der Waals surface area contributed by atoms with Gasteiger partial charge in [0.05, 0.1) is 13.5 Å². The Morgan fingerprint density at radius 3 is 2.71 bits per heavy atom. The average molecular weight is 378 g/mol. The number of rotatable bonds is 4. The molecule has 0 aromatic heterocycles. The fraction of sp³-hybridized carbons (Fsp3) is 0.533. The van der Waals surface area contributed by atoms with Gasteiger partial charge < -0.3 is 15.0 Å². The normalized spacial score (nSPS) is 15.2. The third-order valence-corrected chi connectivity index (χ3v) is 4.33. The van der Waals surface area contributed by atoms with Crippen LogP contribution in [0, 0.1) is 0 Å². The summed E-state index contributed by atoms with van der Waals surface area (Å²) < 4.78 is 6.29. The first kappa shape index (κ1) is 18.3. The van der Waals surface area contributed by atoms with Crippen molar-refractivity contribution in [3.8, 4) is 5.75 Å². The summed E-state index contributed by atoms with van der Waals surface area (Å²) in [5, 5.41) is 3.32. The number of hydrogen-bond acceptors (Lipinski definition) is 3. The smallest absolute Gasteiger partial charge is 0.227 e. The molecule has 0 atom stereocenters. The largest absolute Gasteiger partial charge is 0.496 e. The number of likely N-dealkylation sites (N-methyl/N-ethyl adjacent to an activating group) is 1. The van der Waals surface area contributed by atoms with Crippen molar-refractivity contribution in [1.29, 1.82) is 0 Å². The molecule has 1 aromatic carbocycles. The molecule has 0 unspecified atom stereocenters. The zero-order valence-corrected chi connectivity index (χ0v) is 14.8. The second kappa shape index (κ2) is 8.61. The lowest BCUT2D eigenvalue weighted by Crippen LogP contribution is -2.44. The summed E-state index contributed by atoms with van der Waals surface area (Å²) in [7, 11) is 3.54. The molecule has 1 aliphatic rings. The number of nitrogens with zero attached hydrogens (tertiary/aromatic N) is 1. The van der Waals surface area contributed by atoms with Gasteiger partial charge in [-0.25, -0.2) is 0 Å². The van der Waals surface area contributed by atoms with Crippen LogP contribution in [0.3, 0.4) is 0 Å². The molecule has 1 heterocycles. The standard InChI is InChI=1S/C15H21BrN2O2.ClH/c1-18(13-5-7-17-8-6-13)15(19)10-11-9-12(16)3-4-14(11)20-2;/h3-4,9,13,17H,5-8,10H2,1-2H3;1H. The number of nitrogens with one attached hydrogen (secondary N) is 1. The van der Waals surface area contributed by atoms with Crippen LogP contribution in [0.5, 0.6) is 5.75 Å². The minimum absolute atomic E-state index is 0. The molecule has 6 heteroatoms. The van der Waals surface area contributed by atoms with E-state index in [-0.39, 0.29) is 18.3 Å². The van der Waals surface area contributed by atoms with E-state index in [1.807, 2.05) is 30.1 Å². The SMILES string of the molecule is COc1ccc(Br)cc1CC(=O)N(C)C1CCNCC1.Cl. The van der Waals surface area contributed by atoms with Crippen LogP contribution in [0.4, 0.5) is 0 Å². The first-order valence-electron chi connectivity index (χ1n) is 6.90. The van der Waals surface area contributed by atoms with E-state index >= 15 is 0 Å². The van der Waals surface area contributed by atoms with Crippen molar-refractivity contribution in [3.05, 3.63) is 28.2 Å². The number of hydrogen-bond donors (Lipinski definition) is 1. The molecular weight excluding hydrogens is 356 g/mol. The molecule has 4 nitrogen and oxygen atoms in total. The van der Waals surface area contributed by atoms with Gasteiger partial charge in [-0.2, -0.15) is 0 Å². The van der Waals surface area contributed by atoms with Gasteiger partial charge in [0, 0.05) is 23.1 Å².